The molecule has 0 aliphatic carbocycles. The number of aliphatic hydroxyl groups is 1. The predicted octanol–water partition coefficient (Wildman–Crippen LogP) is 1.21. The third-order valence-corrected chi connectivity index (χ3v) is 3.11. The smallest absolute Gasteiger partial charge is 0.254 e. The van der Waals surface area contributed by atoms with Gasteiger partial charge in [0.15, 0.2) is 0 Å². The molecule has 1 amide bonds. The number of ether oxygens (including phenoxy) is 1. The number of hydrogen-bond donors (Lipinski definition) is 1. The molecule has 4 heteroatoms. The third-order valence-electron chi connectivity index (χ3n) is 3.11. The highest BCUT2D eigenvalue weighted by Crippen LogP contribution is 2.21. The van der Waals surface area contributed by atoms with Crippen LogP contribution >= 0.6 is 0 Å². The quantitative estimate of drug-likeness (QED) is 0.838. The summed E-state index contributed by atoms with van der Waals surface area (Å²) in [6, 6.07) is 5.42. The zero-order valence-corrected chi connectivity index (χ0v) is 10.1. The summed E-state index contributed by atoms with van der Waals surface area (Å²) in [5.41, 5.74) is 1.62. The average molecular weight is 235 g/mol. The number of nitrogens with zero attached hydrogens (tertiary/aromatic N) is 1. The number of methoxy groups -OCH3 is 1. The molecule has 0 aromatic heterocycles. The zero-order chi connectivity index (χ0) is 12.4. The van der Waals surface area contributed by atoms with E-state index in [2.05, 4.69) is 0 Å². The van der Waals surface area contributed by atoms with Crippen LogP contribution in [0.25, 0.3) is 0 Å². The maximum atomic E-state index is 12.1. The van der Waals surface area contributed by atoms with Gasteiger partial charge < -0.3 is 14.7 Å². The van der Waals surface area contributed by atoms with Crippen molar-refractivity contribution in [2.24, 2.45) is 0 Å². The summed E-state index contributed by atoms with van der Waals surface area (Å²) in [5.74, 6) is 0.676. The highest BCUT2D eigenvalue weighted by Gasteiger charge is 2.25. The fourth-order valence-electron chi connectivity index (χ4n) is 2.06. The van der Waals surface area contributed by atoms with E-state index >= 15 is 0 Å². The number of hydrogen-bond acceptors (Lipinski definition) is 3. The summed E-state index contributed by atoms with van der Waals surface area (Å²) in [4.78, 5) is 13.8. The molecule has 0 spiro atoms. The minimum absolute atomic E-state index is 0.0418. The van der Waals surface area contributed by atoms with Crippen molar-refractivity contribution in [2.45, 2.75) is 19.4 Å². The van der Waals surface area contributed by atoms with Gasteiger partial charge in [0.25, 0.3) is 5.91 Å². The number of rotatable bonds is 2. The van der Waals surface area contributed by atoms with E-state index in [-0.39, 0.29) is 12.0 Å². The van der Waals surface area contributed by atoms with Crippen molar-refractivity contribution >= 4 is 5.91 Å². The van der Waals surface area contributed by atoms with Crippen molar-refractivity contribution in [2.75, 3.05) is 20.2 Å². The number of aliphatic hydroxyl groups excluding tert-OH is 1. The lowest BCUT2D eigenvalue weighted by Crippen LogP contribution is -2.29. The number of aryl methyl sites for hydroxylation is 1. The summed E-state index contributed by atoms with van der Waals surface area (Å²) in [6.07, 6.45) is 0.278. The Balaban J connectivity index is 2.19. The molecule has 1 atom stereocenters. The molecule has 0 bridgehead atoms. The molecule has 17 heavy (non-hydrogen) atoms. The molecular formula is C13H17NO3. The van der Waals surface area contributed by atoms with E-state index in [0.717, 1.165) is 11.3 Å². The summed E-state index contributed by atoms with van der Waals surface area (Å²) < 4.78 is 5.20. The monoisotopic (exact) mass is 235 g/mol. The fourth-order valence-corrected chi connectivity index (χ4v) is 2.06. The third kappa shape index (κ3) is 2.42. The second-order valence-corrected chi connectivity index (χ2v) is 4.38. The van der Waals surface area contributed by atoms with Crippen molar-refractivity contribution in [1.29, 1.82) is 0 Å². The normalized spacial score (nSPS) is 19.5. The molecule has 1 unspecified atom stereocenters. The molecule has 1 saturated heterocycles. The van der Waals surface area contributed by atoms with Crippen molar-refractivity contribution in [3.63, 3.8) is 0 Å². The number of carbonyl (C=O) groups is 1. The van der Waals surface area contributed by atoms with Crippen LogP contribution in [0.2, 0.25) is 0 Å². The van der Waals surface area contributed by atoms with Crippen molar-refractivity contribution in [3.05, 3.63) is 29.3 Å². The van der Waals surface area contributed by atoms with Crippen molar-refractivity contribution in [1.82, 2.24) is 4.90 Å². The first-order valence-corrected chi connectivity index (χ1v) is 5.74. The van der Waals surface area contributed by atoms with Gasteiger partial charge in [-0.15, -0.1) is 0 Å². The number of carbonyl (C=O) groups excluding carboxylic acids is 1. The van der Waals surface area contributed by atoms with Crippen LogP contribution in [0.3, 0.4) is 0 Å². The highest BCUT2D eigenvalue weighted by atomic mass is 16.5. The van der Waals surface area contributed by atoms with E-state index in [9.17, 15) is 9.90 Å². The average Bonchev–Trinajstić information content (AvgIpc) is 2.75. The molecule has 1 fully saturated rings. The van der Waals surface area contributed by atoms with Crippen LogP contribution in [0.1, 0.15) is 22.3 Å². The Bertz CT molecular complexity index is 431. The van der Waals surface area contributed by atoms with E-state index < -0.39 is 0 Å². The maximum absolute atomic E-state index is 12.1. The molecule has 1 heterocycles. The van der Waals surface area contributed by atoms with Gasteiger partial charge in [-0.1, -0.05) is 6.07 Å². The minimum atomic E-state index is -0.383. The number of likely N-dealkylation sites (tertiary alicyclic amines) is 1. The molecule has 0 radical (unpaired) electrons. The Morgan fingerprint density at radius 3 is 2.88 bits per heavy atom. The second-order valence-electron chi connectivity index (χ2n) is 4.38. The second kappa shape index (κ2) is 4.75. The topological polar surface area (TPSA) is 49.8 Å². The lowest BCUT2D eigenvalue weighted by molar-refractivity contribution is 0.0764. The molecule has 92 valence electrons. The van der Waals surface area contributed by atoms with Crippen LogP contribution in [0.15, 0.2) is 18.2 Å². The Morgan fingerprint density at radius 1 is 1.53 bits per heavy atom. The molecule has 2 rings (SSSR count). The summed E-state index contributed by atoms with van der Waals surface area (Å²) in [6.45, 7) is 2.98. The first-order chi connectivity index (χ1) is 8.11. The van der Waals surface area contributed by atoms with Gasteiger partial charge in [-0.05, 0) is 31.0 Å². The molecule has 1 aliphatic rings. The predicted molar refractivity (Wildman–Crippen MR) is 64.3 cm³/mol. The van der Waals surface area contributed by atoms with Crippen LogP contribution < -0.4 is 4.74 Å². The Kier molecular flexibility index (Phi) is 3.33. The van der Waals surface area contributed by atoms with Gasteiger partial charge in [0.1, 0.15) is 5.75 Å². The molecule has 1 N–H and O–H groups in total. The molecule has 0 saturated carbocycles. The highest BCUT2D eigenvalue weighted by molar-refractivity contribution is 5.95. The first-order valence-electron chi connectivity index (χ1n) is 5.74. The lowest BCUT2D eigenvalue weighted by Gasteiger charge is -2.16. The van der Waals surface area contributed by atoms with Crippen LogP contribution in [-0.2, 0) is 0 Å². The summed E-state index contributed by atoms with van der Waals surface area (Å²) in [5, 5.41) is 9.42. The van der Waals surface area contributed by atoms with Gasteiger partial charge in [0, 0.05) is 18.7 Å². The molecule has 1 aromatic rings. The molecular weight excluding hydrogens is 218 g/mol. The molecule has 1 aromatic carbocycles. The van der Waals surface area contributed by atoms with Crippen LogP contribution in [0, 0.1) is 6.92 Å². The fraction of sp³-hybridized carbons (Fsp3) is 0.462. The zero-order valence-electron chi connectivity index (χ0n) is 10.1. The number of amides is 1. The number of benzene rings is 1. The molecule has 4 nitrogen and oxygen atoms in total. The van der Waals surface area contributed by atoms with Gasteiger partial charge in [-0.25, -0.2) is 0 Å². The van der Waals surface area contributed by atoms with Gasteiger partial charge in [0.05, 0.1) is 13.2 Å². The first kappa shape index (κ1) is 11.9. The Morgan fingerprint density at radius 2 is 2.29 bits per heavy atom. The maximum Gasteiger partial charge on any atom is 0.254 e. The van der Waals surface area contributed by atoms with E-state index in [0.29, 0.717) is 25.1 Å². The largest absolute Gasteiger partial charge is 0.496 e. The molecule has 1 aliphatic heterocycles. The van der Waals surface area contributed by atoms with Gasteiger partial charge in [-0.2, -0.15) is 0 Å². The van der Waals surface area contributed by atoms with E-state index in [1.165, 1.54) is 0 Å². The van der Waals surface area contributed by atoms with Crippen molar-refractivity contribution in [3.8, 4) is 5.75 Å². The number of β-amino-alcohol motifs (C(OH)–C–C–N with tert-alkyl or cyclic N) is 1. The lowest BCUT2D eigenvalue weighted by atomic mass is 10.1. The SMILES string of the molecule is COc1cc(C(=O)N2CCC(O)C2)ccc1C. The van der Waals surface area contributed by atoms with Crippen LogP contribution in [0.5, 0.6) is 5.75 Å². The van der Waals surface area contributed by atoms with E-state index in [1.807, 2.05) is 13.0 Å². The van der Waals surface area contributed by atoms with Crippen molar-refractivity contribution < 1.29 is 14.6 Å². The van der Waals surface area contributed by atoms with Gasteiger partial charge in [0.2, 0.25) is 0 Å². The van der Waals surface area contributed by atoms with E-state index in [4.69, 9.17) is 4.74 Å². The minimum Gasteiger partial charge on any atom is -0.496 e. The van der Waals surface area contributed by atoms with Crippen LogP contribution in [0.4, 0.5) is 0 Å². The van der Waals surface area contributed by atoms with E-state index in [1.54, 1.807) is 24.1 Å². The summed E-state index contributed by atoms with van der Waals surface area (Å²) in [7, 11) is 1.59. The summed E-state index contributed by atoms with van der Waals surface area (Å²) >= 11 is 0. The van der Waals surface area contributed by atoms with Gasteiger partial charge >= 0.3 is 0 Å². The van der Waals surface area contributed by atoms with Crippen LogP contribution in [-0.4, -0.2) is 42.2 Å². The Labute approximate surface area is 101 Å². The Hall–Kier alpha value is -1.55. The van der Waals surface area contributed by atoms with Gasteiger partial charge in [-0.3, -0.25) is 4.79 Å². The standard InChI is InChI=1S/C13H17NO3/c1-9-3-4-10(7-12(9)17-2)13(16)14-6-5-11(15)8-14/h3-4,7,11,15H,5-6,8H2,1-2H3.